The maximum Gasteiger partial charge on any atom is 0.248 e. The molecule has 4 heteroatoms. The van der Waals surface area contributed by atoms with Crippen LogP contribution in [0.25, 0.3) is 0 Å². The summed E-state index contributed by atoms with van der Waals surface area (Å²) < 4.78 is 5.31. The van der Waals surface area contributed by atoms with Crippen LogP contribution in [0.5, 0.6) is 0 Å². The minimum atomic E-state index is 0.124. The number of piperazine rings is 1. The second kappa shape index (κ2) is 6.80. The first-order valence-corrected chi connectivity index (χ1v) is 5.83. The number of nitrogens with zero attached hydrogens (tertiary/aromatic N) is 1. The smallest absolute Gasteiger partial charge is 0.248 e. The molecular weight excluding hydrogens is 192 g/mol. The van der Waals surface area contributed by atoms with E-state index in [0.29, 0.717) is 12.6 Å². The molecule has 1 fully saturated rings. The van der Waals surface area contributed by atoms with E-state index in [4.69, 9.17) is 4.74 Å². The van der Waals surface area contributed by atoms with Gasteiger partial charge < -0.3 is 15.0 Å². The first-order valence-electron chi connectivity index (χ1n) is 5.83. The van der Waals surface area contributed by atoms with Gasteiger partial charge in [0.15, 0.2) is 0 Å². The van der Waals surface area contributed by atoms with Gasteiger partial charge in [-0.2, -0.15) is 0 Å². The molecule has 1 amide bonds. The van der Waals surface area contributed by atoms with Crippen LogP contribution in [0.1, 0.15) is 26.7 Å². The number of nitrogens with one attached hydrogen (secondary N) is 1. The van der Waals surface area contributed by atoms with Crippen molar-refractivity contribution in [2.75, 3.05) is 32.8 Å². The molecule has 1 aliphatic rings. The van der Waals surface area contributed by atoms with Gasteiger partial charge in [-0.3, -0.25) is 4.79 Å². The van der Waals surface area contributed by atoms with Crippen LogP contribution in [0, 0.1) is 0 Å². The summed E-state index contributed by atoms with van der Waals surface area (Å²) in [6.45, 7) is 7.65. The highest BCUT2D eigenvalue weighted by Gasteiger charge is 2.19. The molecule has 1 atom stereocenters. The van der Waals surface area contributed by atoms with E-state index in [0.717, 1.165) is 32.5 Å². The molecule has 15 heavy (non-hydrogen) atoms. The third-order valence-electron chi connectivity index (χ3n) is 2.59. The van der Waals surface area contributed by atoms with Gasteiger partial charge in [0.2, 0.25) is 5.91 Å². The number of rotatable bonds is 5. The summed E-state index contributed by atoms with van der Waals surface area (Å²) in [7, 11) is 0. The molecule has 0 aromatic rings. The first-order chi connectivity index (χ1) is 7.24. The van der Waals surface area contributed by atoms with Gasteiger partial charge in [-0.25, -0.2) is 0 Å². The average molecular weight is 214 g/mol. The number of hydrogen-bond donors (Lipinski definition) is 1. The fourth-order valence-corrected chi connectivity index (χ4v) is 1.66. The van der Waals surface area contributed by atoms with E-state index >= 15 is 0 Å². The highest BCUT2D eigenvalue weighted by Crippen LogP contribution is 1.99. The molecule has 0 aromatic carbocycles. The van der Waals surface area contributed by atoms with Crippen molar-refractivity contribution in [2.45, 2.75) is 32.7 Å². The Labute approximate surface area is 92.0 Å². The number of ether oxygens (including phenoxy) is 1. The lowest BCUT2D eigenvalue weighted by molar-refractivity contribution is -0.137. The predicted octanol–water partition coefficient (Wildman–Crippen LogP) is 0.623. The largest absolute Gasteiger partial charge is 0.372 e. The molecule has 0 aliphatic carbocycles. The Kier molecular flexibility index (Phi) is 5.65. The molecule has 0 bridgehead atoms. The predicted molar refractivity (Wildman–Crippen MR) is 59.8 cm³/mol. The molecule has 1 rings (SSSR count). The van der Waals surface area contributed by atoms with Crippen molar-refractivity contribution >= 4 is 5.91 Å². The van der Waals surface area contributed by atoms with E-state index in [1.807, 2.05) is 4.90 Å². The number of carbonyl (C=O) groups excluding carboxylic acids is 1. The maximum atomic E-state index is 11.7. The van der Waals surface area contributed by atoms with Gasteiger partial charge in [-0.05, 0) is 13.3 Å². The van der Waals surface area contributed by atoms with Crippen LogP contribution >= 0.6 is 0 Å². The molecule has 1 unspecified atom stereocenters. The van der Waals surface area contributed by atoms with Crippen molar-refractivity contribution in [3.63, 3.8) is 0 Å². The Bertz CT molecular complexity index is 197. The van der Waals surface area contributed by atoms with E-state index in [9.17, 15) is 4.79 Å². The molecule has 0 radical (unpaired) electrons. The summed E-state index contributed by atoms with van der Waals surface area (Å²) in [6.07, 6.45) is 2.14. The van der Waals surface area contributed by atoms with Gasteiger partial charge in [-0.15, -0.1) is 0 Å². The zero-order chi connectivity index (χ0) is 11.1. The molecule has 1 saturated heterocycles. The Morgan fingerprint density at radius 1 is 1.60 bits per heavy atom. The second-order valence-electron chi connectivity index (χ2n) is 4.10. The monoisotopic (exact) mass is 214 g/mol. The second-order valence-corrected chi connectivity index (χ2v) is 4.10. The molecular formula is C11H22N2O2. The van der Waals surface area contributed by atoms with Crippen LogP contribution in [-0.2, 0) is 9.53 Å². The zero-order valence-corrected chi connectivity index (χ0v) is 9.79. The van der Waals surface area contributed by atoms with Crippen molar-refractivity contribution in [3.8, 4) is 0 Å². The Balaban J connectivity index is 2.15. The molecule has 4 nitrogen and oxygen atoms in total. The lowest BCUT2D eigenvalue weighted by atomic mass is 10.2. The van der Waals surface area contributed by atoms with Crippen LogP contribution in [0.2, 0.25) is 0 Å². The SMILES string of the molecule is CCCCOCC(=O)N1CCNC(C)C1. The van der Waals surface area contributed by atoms with Gasteiger partial charge >= 0.3 is 0 Å². The van der Waals surface area contributed by atoms with Crippen LogP contribution in [0.3, 0.4) is 0 Å². The molecule has 1 N–H and O–H groups in total. The van der Waals surface area contributed by atoms with E-state index < -0.39 is 0 Å². The number of unbranched alkanes of at least 4 members (excludes halogenated alkanes) is 1. The average Bonchev–Trinajstić information content (AvgIpc) is 2.24. The summed E-state index contributed by atoms with van der Waals surface area (Å²) >= 11 is 0. The summed E-state index contributed by atoms with van der Waals surface area (Å²) in [5.74, 6) is 0.124. The first kappa shape index (κ1) is 12.5. The van der Waals surface area contributed by atoms with E-state index in [1.54, 1.807) is 0 Å². The van der Waals surface area contributed by atoms with E-state index in [2.05, 4.69) is 19.2 Å². The third-order valence-corrected chi connectivity index (χ3v) is 2.59. The number of carbonyl (C=O) groups is 1. The number of hydrogen-bond acceptors (Lipinski definition) is 3. The summed E-state index contributed by atoms with van der Waals surface area (Å²) in [4.78, 5) is 13.6. The molecule has 1 heterocycles. The lowest BCUT2D eigenvalue weighted by Crippen LogP contribution is -2.52. The molecule has 0 spiro atoms. The summed E-state index contributed by atoms with van der Waals surface area (Å²) in [6, 6.07) is 0.401. The zero-order valence-electron chi connectivity index (χ0n) is 9.79. The molecule has 1 aliphatic heterocycles. The van der Waals surface area contributed by atoms with Crippen molar-refractivity contribution in [2.24, 2.45) is 0 Å². The fourth-order valence-electron chi connectivity index (χ4n) is 1.66. The third kappa shape index (κ3) is 4.62. The fraction of sp³-hybridized carbons (Fsp3) is 0.909. The highest BCUT2D eigenvalue weighted by atomic mass is 16.5. The Morgan fingerprint density at radius 2 is 2.40 bits per heavy atom. The minimum absolute atomic E-state index is 0.124. The quantitative estimate of drug-likeness (QED) is 0.682. The lowest BCUT2D eigenvalue weighted by Gasteiger charge is -2.31. The highest BCUT2D eigenvalue weighted by molar-refractivity contribution is 5.77. The standard InChI is InChI=1S/C11H22N2O2/c1-3-4-7-15-9-11(14)13-6-5-12-10(2)8-13/h10,12H,3-9H2,1-2H3. The van der Waals surface area contributed by atoms with Crippen LogP contribution in [0.4, 0.5) is 0 Å². The van der Waals surface area contributed by atoms with Gasteiger partial charge in [0, 0.05) is 32.3 Å². The minimum Gasteiger partial charge on any atom is -0.372 e. The van der Waals surface area contributed by atoms with E-state index in [-0.39, 0.29) is 12.5 Å². The van der Waals surface area contributed by atoms with Gasteiger partial charge in [0.1, 0.15) is 6.61 Å². The molecule has 0 aromatic heterocycles. The molecule has 88 valence electrons. The Morgan fingerprint density at radius 3 is 3.07 bits per heavy atom. The summed E-state index contributed by atoms with van der Waals surface area (Å²) in [5, 5.41) is 3.31. The number of amides is 1. The van der Waals surface area contributed by atoms with Gasteiger partial charge in [-0.1, -0.05) is 13.3 Å². The van der Waals surface area contributed by atoms with Crippen LogP contribution < -0.4 is 5.32 Å². The maximum absolute atomic E-state index is 11.7. The van der Waals surface area contributed by atoms with E-state index in [1.165, 1.54) is 0 Å². The van der Waals surface area contributed by atoms with Gasteiger partial charge in [0.25, 0.3) is 0 Å². The topological polar surface area (TPSA) is 41.6 Å². The van der Waals surface area contributed by atoms with Gasteiger partial charge in [0.05, 0.1) is 0 Å². The normalized spacial score (nSPS) is 21.7. The molecule has 0 saturated carbocycles. The summed E-state index contributed by atoms with van der Waals surface area (Å²) in [5.41, 5.74) is 0. The van der Waals surface area contributed by atoms with Crippen molar-refractivity contribution in [1.29, 1.82) is 0 Å². The van der Waals surface area contributed by atoms with Crippen LogP contribution in [-0.4, -0.2) is 49.7 Å². The van der Waals surface area contributed by atoms with Crippen molar-refractivity contribution in [3.05, 3.63) is 0 Å². The van der Waals surface area contributed by atoms with Crippen molar-refractivity contribution < 1.29 is 9.53 Å². The van der Waals surface area contributed by atoms with Crippen LogP contribution in [0.15, 0.2) is 0 Å². The van der Waals surface area contributed by atoms with Crippen molar-refractivity contribution in [1.82, 2.24) is 10.2 Å². The Hall–Kier alpha value is -0.610.